The van der Waals surface area contributed by atoms with Gasteiger partial charge in [-0.1, -0.05) is 0 Å². The van der Waals surface area contributed by atoms with Gasteiger partial charge in [0.1, 0.15) is 12.7 Å². The second-order valence-corrected chi connectivity index (χ2v) is 5.30. The minimum Gasteiger partial charge on any atom is -0.465 e. The van der Waals surface area contributed by atoms with E-state index in [1.807, 2.05) is 0 Å². The smallest absolute Gasteiger partial charge is 0.338 e. The number of carbonyl (C=O) groups is 2. The molecule has 136 valence electrons. The molecular formula is C17H15N7O3. The number of nitrogens with zero attached hydrogens (tertiary/aromatic N) is 4. The third-order valence-electron chi connectivity index (χ3n) is 3.51. The van der Waals surface area contributed by atoms with Gasteiger partial charge in [0.2, 0.25) is 5.91 Å². The molecule has 0 atom stereocenters. The van der Waals surface area contributed by atoms with Crippen LogP contribution < -0.4 is 16.4 Å². The predicted molar refractivity (Wildman–Crippen MR) is 96.9 cm³/mol. The zero-order valence-electron chi connectivity index (χ0n) is 14.2. The molecule has 0 aliphatic heterocycles. The van der Waals surface area contributed by atoms with Gasteiger partial charge in [-0.25, -0.2) is 24.7 Å². The van der Waals surface area contributed by atoms with Crippen LogP contribution in [0.1, 0.15) is 20.7 Å². The lowest BCUT2D eigenvalue weighted by molar-refractivity contribution is 0.0597. The summed E-state index contributed by atoms with van der Waals surface area (Å²) in [4.78, 5) is 39.7. The number of amides is 1. The molecule has 0 unspecified atom stereocenters. The second-order valence-electron chi connectivity index (χ2n) is 5.30. The molecule has 0 aliphatic carbocycles. The standard InChI is InChI=1S/C17H15N7O3/c1-27-17(26)13-3-15(24-11-6-21-9-22-7-11)14(2-12(13)16(18)25)23-10-4-19-8-20-5-10/h2-9,23-24H,1H3,(H2,18,25). The first-order chi connectivity index (χ1) is 13.1. The van der Waals surface area contributed by atoms with Crippen molar-refractivity contribution in [3.8, 4) is 0 Å². The zero-order chi connectivity index (χ0) is 19.2. The molecule has 0 aliphatic rings. The molecule has 2 aromatic heterocycles. The van der Waals surface area contributed by atoms with E-state index in [2.05, 4.69) is 30.6 Å². The number of ether oxygens (including phenoxy) is 1. The summed E-state index contributed by atoms with van der Waals surface area (Å²) in [6, 6.07) is 2.92. The molecule has 0 radical (unpaired) electrons. The molecule has 1 amide bonds. The summed E-state index contributed by atoms with van der Waals surface area (Å²) in [6.45, 7) is 0. The van der Waals surface area contributed by atoms with Crippen LogP contribution in [-0.2, 0) is 4.74 Å². The molecule has 3 rings (SSSR count). The van der Waals surface area contributed by atoms with Crippen LogP contribution in [-0.4, -0.2) is 38.9 Å². The first-order valence-electron chi connectivity index (χ1n) is 7.68. The fourth-order valence-electron chi connectivity index (χ4n) is 2.33. The van der Waals surface area contributed by atoms with Crippen molar-refractivity contribution in [1.29, 1.82) is 0 Å². The predicted octanol–water partition coefficient (Wildman–Crippen LogP) is 1.64. The van der Waals surface area contributed by atoms with Crippen LogP contribution in [0.5, 0.6) is 0 Å². The van der Waals surface area contributed by atoms with Crippen LogP contribution in [0, 0.1) is 0 Å². The van der Waals surface area contributed by atoms with Crippen molar-refractivity contribution < 1.29 is 14.3 Å². The van der Waals surface area contributed by atoms with E-state index in [9.17, 15) is 9.59 Å². The van der Waals surface area contributed by atoms with E-state index in [1.165, 1.54) is 31.9 Å². The number of benzene rings is 1. The van der Waals surface area contributed by atoms with E-state index in [0.717, 1.165) is 0 Å². The van der Waals surface area contributed by atoms with E-state index in [-0.39, 0.29) is 11.1 Å². The minimum atomic E-state index is -0.766. The van der Waals surface area contributed by atoms with Crippen molar-refractivity contribution >= 4 is 34.6 Å². The average Bonchev–Trinajstić information content (AvgIpc) is 2.69. The molecule has 3 aromatic rings. The van der Waals surface area contributed by atoms with Crippen LogP contribution in [0.3, 0.4) is 0 Å². The number of anilines is 4. The number of hydrogen-bond donors (Lipinski definition) is 3. The number of rotatable bonds is 6. The number of primary amides is 1. The summed E-state index contributed by atoms with van der Waals surface area (Å²) >= 11 is 0. The lowest BCUT2D eigenvalue weighted by Crippen LogP contribution is -2.18. The topological polar surface area (TPSA) is 145 Å². The molecule has 2 heterocycles. The van der Waals surface area contributed by atoms with Gasteiger partial charge < -0.3 is 21.1 Å². The van der Waals surface area contributed by atoms with Gasteiger partial charge in [-0.3, -0.25) is 4.79 Å². The van der Waals surface area contributed by atoms with E-state index >= 15 is 0 Å². The van der Waals surface area contributed by atoms with Gasteiger partial charge in [0.05, 0.1) is 65.8 Å². The third kappa shape index (κ3) is 4.12. The van der Waals surface area contributed by atoms with Crippen LogP contribution in [0.4, 0.5) is 22.7 Å². The van der Waals surface area contributed by atoms with Gasteiger partial charge in [-0.05, 0) is 12.1 Å². The molecule has 0 bridgehead atoms. The molecule has 0 saturated heterocycles. The van der Waals surface area contributed by atoms with E-state index in [1.54, 1.807) is 24.8 Å². The van der Waals surface area contributed by atoms with E-state index in [0.29, 0.717) is 22.7 Å². The second kappa shape index (κ2) is 7.87. The highest BCUT2D eigenvalue weighted by molar-refractivity contribution is 6.07. The molecule has 4 N–H and O–H groups in total. The summed E-state index contributed by atoms with van der Waals surface area (Å²) in [5, 5.41) is 6.17. The number of aromatic nitrogens is 4. The van der Waals surface area contributed by atoms with Crippen molar-refractivity contribution in [3.63, 3.8) is 0 Å². The molecule has 0 spiro atoms. The number of esters is 1. The summed E-state index contributed by atoms with van der Waals surface area (Å²) in [5.74, 6) is -1.46. The summed E-state index contributed by atoms with van der Waals surface area (Å²) in [5.41, 5.74) is 7.56. The maximum absolute atomic E-state index is 12.1. The molecule has 27 heavy (non-hydrogen) atoms. The van der Waals surface area contributed by atoms with Crippen molar-refractivity contribution in [2.45, 2.75) is 0 Å². The normalized spacial score (nSPS) is 10.1. The number of methoxy groups -OCH3 is 1. The Balaban J connectivity index is 2.11. The van der Waals surface area contributed by atoms with Gasteiger partial charge in [0.15, 0.2) is 0 Å². The van der Waals surface area contributed by atoms with Crippen molar-refractivity contribution in [1.82, 2.24) is 19.9 Å². The van der Waals surface area contributed by atoms with E-state index in [4.69, 9.17) is 10.5 Å². The number of carbonyl (C=O) groups excluding carboxylic acids is 2. The Bertz CT molecular complexity index is 965. The first-order valence-corrected chi connectivity index (χ1v) is 7.68. The quantitative estimate of drug-likeness (QED) is 0.555. The molecule has 10 nitrogen and oxygen atoms in total. The van der Waals surface area contributed by atoms with Crippen LogP contribution >= 0.6 is 0 Å². The number of nitrogens with two attached hydrogens (primary N) is 1. The van der Waals surface area contributed by atoms with Crippen LogP contribution in [0.2, 0.25) is 0 Å². The van der Waals surface area contributed by atoms with Gasteiger partial charge >= 0.3 is 5.97 Å². The Labute approximate surface area is 153 Å². The Hall–Kier alpha value is -4.08. The fourth-order valence-corrected chi connectivity index (χ4v) is 2.33. The zero-order valence-corrected chi connectivity index (χ0v) is 14.2. The van der Waals surface area contributed by atoms with Crippen molar-refractivity contribution in [2.75, 3.05) is 17.7 Å². The number of hydrogen-bond acceptors (Lipinski definition) is 9. The Morgan fingerprint density at radius 2 is 1.30 bits per heavy atom. The fraction of sp³-hybridized carbons (Fsp3) is 0.0588. The maximum Gasteiger partial charge on any atom is 0.338 e. The number of nitrogens with one attached hydrogen (secondary N) is 2. The van der Waals surface area contributed by atoms with Gasteiger partial charge in [-0.15, -0.1) is 0 Å². The van der Waals surface area contributed by atoms with Gasteiger partial charge in [0.25, 0.3) is 0 Å². The Kier molecular flexibility index (Phi) is 5.17. The van der Waals surface area contributed by atoms with Gasteiger partial charge in [0, 0.05) is 0 Å². The maximum atomic E-state index is 12.1. The van der Waals surface area contributed by atoms with Crippen molar-refractivity contribution in [3.05, 3.63) is 60.7 Å². The van der Waals surface area contributed by atoms with E-state index < -0.39 is 11.9 Å². The molecule has 1 aromatic carbocycles. The average molecular weight is 365 g/mol. The molecule has 0 fully saturated rings. The van der Waals surface area contributed by atoms with Crippen LogP contribution in [0.15, 0.2) is 49.6 Å². The lowest BCUT2D eigenvalue weighted by Gasteiger charge is -2.16. The highest BCUT2D eigenvalue weighted by Crippen LogP contribution is 2.31. The third-order valence-corrected chi connectivity index (χ3v) is 3.51. The largest absolute Gasteiger partial charge is 0.465 e. The van der Waals surface area contributed by atoms with Crippen LogP contribution in [0.25, 0.3) is 0 Å². The summed E-state index contributed by atoms with van der Waals surface area (Å²) in [7, 11) is 1.22. The molecule has 0 saturated carbocycles. The lowest BCUT2D eigenvalue weighted by atomic mass is 10.0. The Morgan fingerprint density at radius 1 is 0.852 bits per heavy atom. The summed E-state index contributed by atoms with van der Waals surface area (Å²) < 4.78 is 4.75. The Morgan fingerprint density at radius 3 is 1.70 bits per heavy atom. The van der Waals surface area contributed by atoms with Gasteiger partial charge in [-0.2, -0.15) is 0 Å². The first kappa shape index (κ1) is 17.7. The minimum absolute atomic E-state index is 0.0102. The molecule has 10 heteroatoms. The molecular weight excluding hydrogens is 350 g/mol. The monoisotopic (exact) mass is 365 g/mol. The summed E-state index contributed by atoms with van der Waals surface area (Å²) in [6.07, 6.45) is 9.01. The highest BCUT2D eigenvalue weighted by atomic mass is 16.5. The highest BCUT2D eigenvalue weighted by Gasteiger charge is 2.20. The SMILES string of the molecule is COC(=O)c1cc(Nc2cncnc2)c(Nc2cncnc2)cc1C(N)=O. The van der Waals surface area contributed by atoms with Crippen molar-refractivity contribution in [2.24, 2.45) is 5.73 Å².